The summed E-state index contributed by atoms with van der Waals surface area (Å²) >= 11 is 0. The van der Waals surface area contributed by atoms with Gasteiger partial charge in [0.15, 0.2) is 12.6 Å². The van der Waals surface area contributed by atoms with Gasteiger partial charge in [-0.05, 0) is 89.9 Å². The van der Waals surface area contributed by atoms with Crippen LogP contribution in [-0.4, -0.2) is 142 Å². The lowest BCUT2D eigenvalue weighted by atomic mass is 9.98. The molecule has 2 aliphatic rings. The summed E-state index contributed by atoms with van der Waals surface area (Å²) in [4.78, 5) is 13.1. The average molecular weight is 1090 g/mol. The first-order valence-corrected chi connectivity index (χ1v) is 30.5. The number of carbonyl (C=O) groups is 1. The SMILES string of the molecule is CCCCCCC/C=C\C/C=C\C/C=C\CCCCCCCCCOCC(COC1OC(COC2OC(CO)C(O)C(O)C2O)C(O)C(O)C1O)OC(=O)CCCCCCCC/C=C\C/C=C\C/C=C\CCCCCCC. The molecule has 0 saturated carbocycles. The van der Waals surface area contributed by atoms with E-state index in [1.807, 2.05) is 0 Å². The number of ether oxygens (including phenoxy) is 6. The molecule has 2 saturated heterocycles. The van der Waals surface area contributed by atoms with Gasteiger partial charge in [-0.3, -0.25) is 4.79 Å². The van der Waals surface area contributed by atoms with E-state index in [9.17, 15) is 40.5 Å². The molecule has 0 spiro atoms. The maximum absolute atomic E-state index is 13.1. The zero-order valence-corrected chi connectivity index (χ0v) is 47.9. The Labute approximate surface area is 466 Å². The van der Waals surface area contributed by atoms with Gasteiger partial charge in [-0.1, -0.05) is 196 Å². The Bertz CT molecular complexity index is 1550. The minimum absolute atomic E-state index is 0.0460. The van der Waals surface area contributed by atoms with Crippen molar-refractivity contribution in [3.05, 3.63) is 72.9 Å². The monoisotopic (exact) mass is 1090 g/mol. The molecule has 0 amide bonds. The van der Waals surface area contributed by atoms with Gasteiger partial charge in [-0.25, -0.2) is 0 Å². The first kappa shape index (κ1) is 70.5. The van der Waals surface area contributed by atoms with Gasteiger partial charge in [0.25, 0.3) is 0 Å². The van der Waals surface area contributed by atoms with Crippen LogP contribution in [0.4, 0.5) is 0 Å². The van der Waals surface area contributed by atoms with Crippen LogP contribution in [0.3, 0.4) is 0 Å². The van der Waals surface area contributed by atoms with Crippen LogP contribution >= 0.6 is 0 Å². The highest BCUT2D eigenvalue weighted by Gasteiger charge is 2.47. The molecule has 0 radical (unpaired) electrons. The van der Waals surface area contributed by atoms with Crippen LogP contribution in [0.5, 0.6) is 0 Å². The summed E-state index contributed by atoms with van der Waals surface area (Å²) in [5, 5.41) is 72.4. The largest absolute Gasteiger partial charge is 0.457 e. The normalized spacial score (nSPS) is 24.8. The number of rotatable bonds is 49. The molecular weight excluding hydrogens is 981 g/mol. The second-order valence-corrected chi connectivity index (χ2v) is 21.2. The van der Waals surface area contributed by atoms with E-state index >= 15 is 0 Å². The molecule has 0 aromatic carbocycles. The van der Waals surface area contributed by atoms with Crippen molar-refractivity contribution in [2.45, 2.75) is 287 Å². The Morgan fingerprint density at radius 2 is 0.805 bits per heavy atom. The summed E-state index contributed by atoms with van der Waals surface area (Å²) in [5.41, 5.74) is 0. The van der Waals surface area contributed by atoms with Crippen molar-refractivity contribution in [1.29, 1.82) is 0 Å². The fourth-order valence-electron chi connectivity index (χ4n) is 9.24. The van der Waals surface area contributed by atoms with Gasteiger partial charge in [0.1, 0.15) is 54.9 Å². The molecule has 2 heterocycles. The van der Waals surface area contributed by atoms with Crippen molar-refractivity contribution in [3.8, 4) is 0 Å². The number of unbranched alkanes of at least 4 members (excludes halogenated alkanes) is 23. The molecule has 7 N–H and O–H groups in total. The Balaban J connectivity index is 1.72. The third-order valence-corrected chi connectivity index (χ3v) is 14.2. The van der Waals surface area contributed by atoms with Crippen molar-refractivity contribution in [3.63, 3.8) is 0 Å². The molecule has 446 valence electrons. The molecule has 11 atom stereocenters. The van der Waals surface area contributed by atoms with Crippen molar-refractivity contribution >= 4 is 5.97 Å². The van der Waals surface area contributed by atoms with Crippen molar-refractivity contribution < 1.29 is 69.0 Å². The molecule has 14 heteroatoms. The lowest BCUT2D eigenvalue weighted by Crippen LogP contribution is -2.61. The number of aliphatic hydroxyl groups is 7. The second-order valence-electron chi connectivity index (χ2n) is 21.2. The first-order chi connectivity index (χ1) is 37.6. The molecule has 0 bridgehead atoms. The van der Waals surface area contributed by atoms with Crippen molar-refractivity contribution in [2.75, 3.05) is 33.0 Å². The van der Waals surface area contributed by atoms with Crippen molar-refractivity contribution in [1.82, 2.24) is 0 Å². The molecule has 77 heavy (non-hydrogen) atoms. The smallest absolute Gasteiger partial charge is 0.306 e. The van der Waals surface area contributed by atoms with E-state index in [1.165, 1.54) is 103 Å². The van der Waals surface area contributed by atoms with E-state index in [4.69, 9.17) is 28.4 Å². The van der Waals surface area contributed by atoms with Gasteiger partial charge >= 0.3 is 5.97 Å². The van der Waals surface area contributed by atoms with Gasteiger partial charge < -0.3 is 64.2 Å². The first-order valence-electron chi connectivity index (χ1n) is 30.5. The van der Waals surface area contributed by atoms with Crippen LogP contribution in [0.15, 0.2) is 72.9 Å². The number of aliphatic hydroxyl groups excluding tert-OH is 7. The summed E-state index contributed by atoms with van der Waals surface area (Å²) in [5.74, 6) is -0.393. The Hall–Kier alpha value is -2.57. The minimum atomic E-state index is -1.72. The van der Waals surface area contributed by atoms with E-state index in [0.29, 0.717) is 13.0 Å². The van der Waals surface area contributed by atoms with Crippen LogP contribution in [0.1, 0.15) is 219 Å². The standard InChI is InChI=1S/C63H110O14/c1-3-5-7-9-11-13-15-17-19-21-23-25-27-29-31-33-35-37-39-41-43-45-47-72-49-52(50-73-62-61(71)59(69)57(67)54(77-62)51-74-63-60(70)58(68)56(66)53(48-64)76-63)75-55(65)46-44-42-40-38-36-34-32-30-28-26-24-22-20-18-16-14-12-10-8-6-4-2/h15-18,21-24,27-30,52-54,56-64,66-71H,3-14,19-20,25-26,31-51H2,1-2H3/b17-15-,18-16-,23-21-,24-22-,29-27-,30-28-. The molecule has 14 nitrogen and oxygen atoms in total. The van der Waals surface area contributed by atoms with Gasteiger partial charge in [-0.15, -0.1) is 0 Å². The number of allylic oxidation sites excluding steroid dienone is 12. The number of carbonyl (C=O) groups excluding carboxylic acids is 1. The summed E-state index contributed by atoms with van der Waals surface area (Å²) in [6.07, 6.45) is 46.7. The van der Waals surface area contributed by atoms with Crippen LogP contribution in [0.2, 0.25) is 0 Å². The molecule has 11 unspecified atom stereocenters. The topological polar surface area (TPSA) is 214 Å². The Kier molecular flexibility index (Phi) is 45.1. The van der Waals surface area contributed by atoms with Gasteiger partial charge in [0, 0.05) is 13.0 Å². The van der Waals surface area contributed by atoms with E-state index in [2.05, 4.69) is 86.8 Å². The average Bonchev–Trinajstić information content (AvgIpc) is 3.43. The minimum Gasteiger partial charge on any atom is -0.457 e. The van der Waals surface area contributed by atoms with Gasteiger partial charge in [0.05, 0.1) is 26.4 Å². The van der Waals surface area contributed by atoms with Crippen LogP contribution in [0.25, 0.3) is 0 Å². The maximum atomic E-state index is 13.1. The van der Waals surface area contributed by atoms with Crippen LogP contribution < -0.4 is 0 Å². The molecule has 2 rings (SSSR count). The highest BCUT2D eigenvalue weighted by Crippen LogP contribution is 2.27. The Morgan fingerprint density at radius 3 is 1.26 bits per heavy atom. The quantitative estimate of drug-likeness (QED) is 0.0172. The second kappa shape index (κ2) is 49.3. The summed E-state index contributed by atoms with van der Waals surface area (Å²) in [7, 11) is 0. The highest BCUT2D eigenvalue weighted by atomic mass is 16.7. The summed E-state index contributed by atoms with van der Waals surface area (Å²) < 4.78 is 34.4. The third-order valence-electron chi connectivity index (χ3n) is 14.2. The Morgan fingerprint density at radius 1 is 0.429 bits per heavy atom. The number of hydrogen-bond acceptors (Lipinski definition) is 14. The van der Waals surface area contributed by atoms with Gasteiger partial charge in [0.2, 0.25) is 0 Å². The van der Waals surface area contributed by atoms with E-state index < -0.39 is 86.7 Å². The molecule has 2 fully saturated rings. The highest BCUT2D eigenvalue weighted by molar-refractivity contribution is 5.69. The van der Waals surface area contributed by atoms with Crippen LogP contribution in [-0.2, 0) is 33.2 Å². The fourth-order valence-corrected chi connectivity index (χ4v) is 9.24. The lowest BCUT2D eigenvalue weighted by molar-refractivity contribution is -0.332. The molecular formula is C63H110O14. The van der Waals surface area contributed by atoms with Gasteiger partial charge in [-0.2, -0.15) is 0 Å². The molecule has 2 aliphatic heterocycles. The fraction of sp³-hybridized carbons (Fsp3) is 0.794. The summed E-state index contributed by atoms with van der Waals surface area (Å²) in [6, 6.07) is 0. The van der Waals surface area contributed by atoms with E-state index in [-0.39, 0.29) is 19.6 Å². The number of hydrogen-bond donors (Lipinski definition) is 7. The van der Waals surface area contributed by atoms with E-state index in [0.717, 1.165) is 89.9 Å². The zero-order valence-electron chi connectivity index (χ0n) is 47.9. The lowest BCUT2D eigenvalue weighted by Gasteiger charge is -2.42. The maximum Gasteiger partial charge on any atom is 0.306 e. The summed E-state index contributed by atoms with van der Waals surface area (Å²) in [6.45, 7) is 3.63. The predicted octanol–water partition coefficient (Wildman–Crippen LogP) is 11.4. The van der Waals surface area contributed by atoms with E-state index in [1.54, 1.807) is 0 Å². The van der Waals surface area contributed by atoms with Crippen molar-refractivity contribution in [2.24, 2.45) is 0 Å². The third kappa shape index (κ3) is 35.7. The predicted molar refractivity (Wildman–Crippen MR) is 307 cm³/mol. The molecule has 0 aromatic heterocycles. The molecule has 0 aromatic rings. The van der Waals surface area contributed by atoms with Crippen LogP contribution in [0, 0.1) is 0 Å². The zero-order chi connectivity index (χ0) is 55.8. The number of esters is 1. The molecule has 0 aliphatic carbocycles.